The van der Waals surface area contributed by atoms with Gasteiger partial charge in [0.2, 0.25) is 5.91 Å². The minimum absolute atomic E-state index is 0.180. The molecule has 1 spiro atoms. The summed E-state index contributed by atoms with van der Waals surface area (Å²) in [7, 11) is 3.47. The molecule has 0 aliphatic carbocycles. The van der Waals surface area contributed by atoms with Crippen LogP contribution in [0.15, 0.2) is 0 Å². The molecule has 6 heteroatoms. The summed E-state index contributed by atoms with van der Waals surface area (Å²) >= 11 is 0. The predicted molar refractivity (Wildman–Crippen MR) is 86.4 cm³/mol. The molecule has 23 heavy (non-hydrogen) atoms. The van der Waals surface area contributed by atoms with Gasteiger partial charge in [-0.2, -0.15) is 0 Å². The molecular formula is C17H30N2O4. The highest BCUT2D eigenvalue weighted by Gasteiger charge is 2.56. The van der Waals surface area contributed by atoms with E-state index in [4.69, 9.17) is 14.2 Å². The van der Waals surface area contributed by atoms with Gasteiger partial charge in [-0.15, -0.1) is 0 Å². The van der Waals surface area contributed by atoms with E-state index in [9.17, 15) is 4.79 Å². The van der Waals surface area contributed by atoms with Gasteiger partial charge in [-0.25, -0.2) is 0 Å². The van der Waals surface area contributed by atoms with Crippen molar-refractivity contribution in [1.29, 1.82) is 0 Å². The molecule has 0 aromatic rings. The first kappa shape index (κ1) is 17.1. The number of hydrogen-bond donors (Lipinski definition) is 0. The van der Waals surface area contributed by atoms with E-state index in [0.29, 0.717) is 25.2 Å². The topological polar surface area (TPSA) is 51.2 Å². The number of methoxy groups -OCH3 is 2. The van der Waals surface area contributed by atoms with Gasteiger partial charge in [0.1, 0.15) is 0 Å². The van der Waals surface area contributed by atoms with Crippen LogP contribution in [0.2, 0.25) is 0 Å². The fourth-order valence-electron chi connectivity index (χ4n) is 4.52. The van der Waals surface area contributed by atoms with Crippen molar-refractivity contribution in [3.8, 4) is 0 Å². The highest BCUT2D eigenvalue weighted by molar-refractivity contribution is 5.76. The number of carbonyl (C=O) groups is 1. The Kier molecular flexibility index (Phi) is 5.57. The lowest BCUT2D eigenvalue weighted by Gasteiger charge is -2.63. The number of amides is 1. The van der Waals surface area contributed by atoms with E-state index in [1.165, 1.54) is 0 Å². The van der Waals surface area contributed by atoms with Crippen molar-refractivity contribution in [2.45, 2.75) is 49.8 Å². The fraction of sp³-hybridized carbons (Fsp3) is 0.941. The molecule has 0 aromatic heterocycles. The molecule has 0 saturated carbocycles. The Hall–Kier alpha value is -0.690. The van der Waals surface area contributed by atoms with E-state index in [2.05, 4.69) is 4.90 Å². The summed E-state index contributed by atoms with van der Waals surface area (Å²) in [6.07, 6.45) is 5.11. The van der Waals surface area contributed by atoms with Gasteiger partial charge >= 0.3 is 0 Å². The molecule has 3 saturated heterocycles. The lowest BCUT2D eigenvalue weighted by atomic mass is 9.73. The van der Waals surface area contributed by atoms with Crippen LogP contribution in [0.25, 0.3) is 0 Å². The van der Waals surface area contributed by atoms with Crippen molar-refractivity contribution in [3.05, 3.63) is 0 Å². The number of hydrogen-bond acceptors (Lipinski definition) is 5. The van der Waals surface area contributed by atoms with E-state index >= 15 is 0 Å². The molecule has 3 heterocycles. The summed E-state index contributed by atoms with van der Waals surface area (Å²) in [6, 6.07) is 0.575. The molecule has 3 aliphatic rings. The van der Waals surface area contributed by atoms with Crippen LogP contribution in [0, 0.1) is 0 Å². The SMILES string of the molecule is COCCC(=O)N1CCC(N2CC(OC)C23CCOCC3)CC1. The first-order valence-corrected chi connectivity index (χ1v) is 8.85. The number of piperidine rings is 1. The number of rotatable bonds is 5. The lowest BCUT2D eigenvalue weighted by molar-refractivity contribution is -0.208. The van der Waals surface area contributed by atoms with Gasteiger partial charge in [0.25, 0.3) is 0 Å². The molecular weight excluding hydrogens is 296 g/mol. The Morgan fingerprint density at radius 1 is 1.22 bits per heavy atom. The molecule has 3 fully saturated rings. The maximum absolute atomic E-state index is 12.1. The summed E-state index contributed by atoms with van der Waals surface area (Å²) < 4.78 is 16.3. The average molecular weight is 326 g/mol. The molecule has 0 radical (unpaired) electrons. The maximum atomic E-state index is 12.1. The quantitative estimate of drug-likeness (QED) is 0.751. The second kappa shape index (κ2) is 7.47. The van der Waals surface area contributed by atoms with Crippen LogP contribution in [-0.2, 0) is 19.0 Å². The van der Waals surface area contributed by atoms with Gasteiger partial charge in [0.15, 0.2) is 0 Å². The molecule has 1 amide bonds. The third-order valence-corrected chi connectivity index (χ3v) is 5.96. The molecule has 132 valence electrons. The van der Waals surface area contributed by atoms with E-state index in [0.717, 1.165) is 58.5 Å². The van der Waals surface area contributed by atoms with Gasteiger partial charge in [-0.1, -0.05) is 0 Å². The third-order valence-electron chi connectivity index (χ3n) is 5.96. The van der Waals surface area contributed by atoms with E-state index in [-0.39, 0.29) is 11.4 Å². The van der Waals surface area contributed by atoms with Crippen LogP contribution in [-0.4, -0.2) is 87.1 Å². The molecule has 0 bridgehead atoms. The Balaban J connectivity index is 1.54. The van der Waals surface area contributed by atoms with Crippen molar-refractivity contribution in [1.82, 2.24) is 9.80 Å². The van der Waals surface area contributed by atoms with Crippen LogP contribution in [0.5, 0.6) is 0 Å². The number of ether oxygens (including phenoxy) is 3. The van der Waals surface area contributed by atoms with Crippen LogP contribution in [0.3, 0.4) is 0 Å². The maximum Gasteiger partial charge on any atom is 0.224 e. The summed E-state index contributed by atoms with van der Waals surface area (Å²) in [5, 5.41) is 0. The van der Waals surface area contributed by atoms with Crippen LogP contribution in [0.1, 0.15) is 32.1 Å². The molecule has 0 aromatic carbocycles. The molecule has 1 atom stereocenters. The predicted octanol–water partition coefficient (Wildman–Crippen LogP) is 0.894. The van der Waals surface area contributed by atoms with Crippen molar-refractivity contribution in [2.75, 3.05) is 53.7 Å². The summed E-state index contributed by atoms with van der Waals surface area (Å²) in [5.41, 5.74) is 0.180. The zero-order valence-corrected chi connectivity index (χ0v) is 14.5. The van der Waals surface area contributed by atoms with E-state index in [1.807, 2.05) is 12.0 Å². The second-order valence-corrected chi connectivity index (χ2v) is 6.95. The van der Waals surface area contributed by atoms with Crippen molar-refractivity contribution >= 4 is 5.91 Å². The minimum Gasteiger partial charge on any atom is -0.384 e. The average Bonchev–Trinajstić information content (AvgIpc) is 2.60. The smallest absolute Gasteiger partial charge is 0.224 e. The number of carbonyl (C=O) groups excluding carboxylic acids is 1. The van der Waals surface area contributed by atoms with Crippen molar-refractivity contribution in [3.63, 3.8) is 0 Å². The van der Waals surface area contributed by atoms with Gasteiger partial charge in [0.05, 0.1) is 24.7 Å². The first-order chi connectivity index (χ1) is 11.2. The summed E-state index contributed by atoms with van der Waals surface area (Å²) in [4.78, 5) is 16.8. The molecule has 6 nitrogen and oxygen atoms in total. The molecule has 1 unspecified atom stereocenters. The third kappa shape index (κ3) is 3.27. The zero-order valence-electron chi connectivity index (χ0n) is 14.5. The number of nitrogens with zero attached hydrogens (tertiary/aromatic N) is 2. The summed E-state index contributed by atoms with van der Waals surface area (Å²) in [6.45, 7) is 4.96. The van der Waals surface area contributed by atoms with Gasteiger partial charge in [-0.3, -0.25) is 9.69 Å². The Labute approximate surface area is 139 Å². The normalized spacial score (nSPS) is 28.8. The van der Waals surface area contributed by atoms with E-state index < -0.39 is 0 Å². The largest absolute Gasteiger partial charge is 0.384 e. The van der Waals surface area contributed by atoms with Crippen LogP contribution >= 0.6 is 0 Å². The van der Waals surface area contributed by atoms with Crippen molar-refractivity contribution in [2.24, 2.45) is 0 Å². The van der Waals surface area contributed by atoms with Crippen LogP contribution in [0.4, 0.5) is 0 Å². The Bertz CT molecular complexity index is 403. The standard InChI is InChI=1S/C17H30N2O4/c1-21-10-5-16(20)18-8-3-14(4-9-18)19-13-15(22-2)17(19)6-11-23-12-7-17/h14-15H,3-13H2,1-2H3. The van der Waals surface area contributed by atoms with Gasteiger partial charge in [0, 0.05) is 53.1 Å². The minimum atomic E-state index is 0.180. The van der Waals surface area contributed by atoms with E-state index in [1.54, 1.807) is 7.11 Å². The Morgan fingerprint density at radius 3 is 2.52 bits per heavy atom. The van der Waals surface area contributed by atoms with Crippen LogP contribution < -0.4 is 0 Å². The molecule has 3 aliphatic heterocycles. The van der Waals surface area contributed by atoms with Crippen molar-refractivity contribution < 1.29 is 19.0 Å². The molecule has 0 N–H and O–H groups in total. The monoisotopic (exact) mass is 326 g/mol. The highest BCUT2D eigenvalue weighted by atomic mass is 16.5. The lowest BCUT2D eigenvalue weighted by Crippen LogP contribution is -2.75. The second-order valence-electron chi connectivity index (χ2n) is 6.95. The Morgan fingerprint density at radius 2 is 1.91 bits per heavy atom. The van der Waals surface area contributed by atoms with Gasteiger partial charge < -0.3 is 19.1 Å². The molecule has 3 rings (SSSR count). The first-order valence-electron chi connectivity index (χ1n) is 8.85. The van der Waals surface area contributed by atoms with Gasteiger partial charge in [-0.05, 0) is 25.7 Å². The highest BCUT2D eigenvalue weighted by Crippen LogP contribution is 2.44. The fourth-order valence-corrected chi connectivity index (χ4v) is 4.52. The number of likely N-dealkylation sites (tertiary alicyclic amines) is 2. The summed E-state index contributed by atoms with van der Waals surface area (Å²) in [5.74, 6) is 0.226. The zero-order chi connectivity index (χ0) is 16.3.